The molecule has 0 amide bonds. The number of rotatable bonds is 5. The molecule has 1 N–H and O–H groups in total. The molecule has 0 heterocycles. The Morgan fingerprint density at radius 3 is 2.50 bits per heavy atom. The molecule has 0 aliphatic carbocycles. The summed E-state index contributed by atoms with van der Waals surface area (Å²) in [7, 11) is -3.10. The minimum absolute atomic E-state index is 0.198. The highest BCUT2D eigenvalue weighted by molar-refractivity contribution is 7.92. The standard InChI is InChI=1S/C16H13FN2O4S/c1-23-16(20)14-7-4-12(17)10-15(14)24(21,22)19-13-5-2-11(3-6-13)8-9-18/h2-7,10,19H,8H2,1H3. The number of carbonyl (C=O) groups is 1. The van der Waals surface area contributed by atoms with Crippen molar-refractivity contribution in [1.29, 1.82) is 5.26 Å². The Kier molecular flexibility index (Phi) is 5.16. The van der Waals surface area contributed by atoms with Crippen molar-refractivity contribution in [1.82, 2.24) is 0 Å². The molecule has 0 saturated heterocycles. The van der Waals surface area contributed by atoms with Crippen LogP contribution in [0.15, 0.2) is 47.4 Å². The number of methoxy groups -OCH3 is 1. The summed E-state index contributed by atoms with van der Waals surface area (Å²) in [5.41, 5.74) is 0.672. The van der Waals surface area contributed by atoms with Crippen LogP contribution in [0.25, 0.3) is 0 Å². The molecule has 124 valence electrons. The van der Waals surface area contributed by atoms with Crippen LogP contribution in [0.2, 0.25) is 0 Å². The molecule has 2 aromatic carbocycles. The minimum Gasteiger partial charge on any atom is -0.465 e. The maximum atomic E-state index is 13.4. The van der Waals surface area contributed by atoms with Gasteiger partial charge in [0.2, 0.25) is 0 Å². The molecule has 0 saturated carbocycles. The second-order valence-electron chi connectivity index (χ2n) is 4.77. The number of nitrogens with zero attached hydrogens (tertiary/aromatic N) is 1. The van der Waals surface area contributed by atoms with Crippen molar-refractivity contribution < 1.29 is 22.3 Å². The molecule has 2 rings (SSSR count). The number of sulfonamides is 1. The molecule has 8 heteroatoms. The predicted octanol–water partition coefficient (Wildman–Crippen LogP) is 2.48. The Labute approximate surface area is 138 Å². The van der Waals surface area contributed by atoms with Crippen LogP contribution in [0.3, 0.4) is 0 Å². The maximum absolute atomic E-state index is 13.4. The summed E-state index contributed by atoms with van der Waals surface area (Å²) >= 11 is 0. The van der Waals surface area contributed by atoms with E-state index in [9.17, 15) is 17.6 Å². The molecule has 0 aliphatic heterocycles. The lowest BCUT2D eigenvalue weighted by atomic mass is 10.1. The van der Waals surface area contributed by atoms with Gasteiger partial charge in [-0.05, 0) is 35.9 Å². The summed E-state index contributed by atoms with van der Waals surface area (Å²) in [6.45, 7) is 0. The molecule has 0 aromatic heterocycles. The second-order valence-corrected chi connectivity index (χ2v) is 6.42. The van der Waals surface area contributed by atoms with E-state index >= 15 is 0 Å². The van der Waals surface area contributed by atoms with Crippen LogP contribution in [0, 0.1) is 17.1 Å². The first-order valence-electron chi connectivity index (χ1n) is 6.74. The molecular formula is C16H13FN2O4S. The Morgan fingerprint density at radius 2 is 1.92 bits per heavy atom. The lowest BCUT2D eigenvalue weighted by Crippen LogP contribution is -2.18. The molecule has 6 nitrogen and oxygen atoms in total. The minimum atomic E-state index is -4.20. The summed E-state index contributed by atoms with van der Waals surface area (Å²) in [6.07, 6.45) is 0.198. The lowest BCUT2D eigenvalue weighted by Gasteiger charge is -2.11. The fourth-order valence-corrected chi connectivity index (χ4v) is 3.25. The van der Waals surface area contributed by atoms with Gasteiger partial charge in [0.15, 0.2) is 0 Å². The number of hydrogen-bond donors (Lipinski definition) is 1. The van der Waals surface area contributed by atoms with Crippen molar-refractivity contribution >= 4 is 21.7 Å². The molecule has 0 bridgehead atoms. The van der Waals surface area contributed by atoms with E-state index in [1.165, 1.54) is 12.1 Å². The first-order valence-corrected chi connectivity index (χ1v) is 8.22. The number of nitrogens with one attached hydrogen (secondary N) is 1. The summed E-state index contributed by atoms with van der Waals surface area (Å²) in [4.78, 5) is 11.2. The molecular weight excluding hydrogens is 335 g/mol. The van der Waals surface area contributed by atoms with Crippen molar-refractivity contribution in [3.05, 3.63) is 59.4 Å². The van der Waals surface area contributed by atoms with Crippen LogP contribution in [-0.2, 0) is 21.2 Å². The van der Waals surface area contributed by atoms with Gasteiger partial charge in [-0.3, -0.25) is 4.72 Å². The van der Waals surface area contributed by atoms with Crippen molar-refractivity contribution in [2.45, 2.75) is 11.3 Å². The highest BCUT2D eigenvalue weighted by Gasteiger charge is 2.24. The number of hydrogen-bond acceptors (Lipinski definition) is 5. The Bertz CT molecular complexity index is 903. The van der Waals surface area contributed by atoms with Crippen molar-refractivity contribution in [2.24, 2.45) is 0 Å². The number of anilines is 1. The Hall–Kier alpha value is -2.92. The lowest BCUT2D eigenvalue weighted by molar-refractivity contribution is 0.0596. The van der Waals surface area contributed by atoms with E-state index in [1.807, 2.05) is 6.07 Å². The van der Waals surface area contributed by atoms with Gasteiger partial charge in [-0.25, -0.2) is 17.6 Å². The molecule has 0 spiro atoms. The third-order valence-electron chi connectivity index (χ3n) is 3.13. The molecule has 0 unspecified atom stereocenters. The van der Waals surface area contributed by atoms with Crippen molar-refractivity contribution in [2.75, 3.05) is 11.8 Å². The normalized spacial score (nSPS) is 10.7. The van der Waals surface area contributed by atoms with Crippen LogP contribution >= 0.6 is 0 Å². The van der Waals surface area contributed by atoms with Gasteiger partial charge in [-0.15, -0.1) is 0 Å². The zero-order chi connectivity index (χ0) is 17.7. The number of carbonyl (C=O) groups excluding carboxylic acids is 1. The van der Waals surface area contributed by atoms with E-state index in [0.29, 0.717) is 0 Å². The average Bonchev–Trinajstić information content (AvgIpc) is 2.56. The quantitative estimate of drug-likeness (QED) is 0.838. The monoisotopic (exact) mass is 348 g/mol. The van der Waals surface area contributed by atoms with Gasteiger partial charge in [0.25, 0.3) is 10.0 Å². The highest BCUT2D eigenvalue weighted by atomic mass is 32.2. The number of halogens is 1. The number of ether oxygens (including phenoxy) is 1. The fraction of sp³-hybridized carbons (Fsp3) is 0.125. The smallest absolute Gasteiger partial charge is 0.339 e. The van der Waals surface area contributed by atoms with Gasteiger partial charge in [0.05, 0.1) is 25.2 Å². The number of benzene rings is 2. The van der Waals surface area contributed by atoms with Crippen LogP contribution in [0.5, 0.6) is 0 Å². The first-order chi connectivity index (χ1) is 11.4. The van der Waals surface area contributed by atoms with Crippen LogP contribution < -0.4 is 4.72 Å². The number of nitriles is 1. The van der Waals surface area contributed by atoms with E-state index < -0.39 is 26.7 Å². The molecule has 0 radical (unpaired) electrons. The zero-order valence-corrected chi connectivity index (χ0v) is 13.4. The molecule has 24 heavy (non-hydrogen) atoms. The fourth-order valence-electron chi connectivity index (χ4n) is 1.99. The SMILES string of the molecule is COC(=O)c1ccc(F)cc1S(=O)(=O)Nc1ccc(CC#N)cc1. The third-order valence-corrected chi connectivity index (χ3v) is 4.55. The van der Waals surface area contributed by atoms with Gasteiger partial charge in [-0.2, -0.15) is 5.26 Å². The molecule has 0 fully saturated rings. The van der Waals surface area contributed by atoms with Crippen LogP contribution in [0.1, 0.15) is 15.9 Å². The Balaban J connectivity index is 2.38. The van der Waals surface area contributed by atoms with E-state index in [4.69, 9.17) is 5.26 Å². The van der Waals surface area contributed by atoms with Gasteiger partial charge in [0.1, 0.15) is 10.7 Å². The predicted molar refractivity (Wildman–Crippen MR) is 84.3 cm³/mol. The first kappa shape index (κ1) is 17.4. The average molecular weight is 348 g/mol. The summed E-state index contributed by atoms with van der Waals surface area (Å²) in [5, 5.41) is 8.62. The zero-order valence-electron chi connectivity index (χ0n) is 12.6. The molecule has 2 aromatic rings. The van der Waals surface area contributed by atoms with Crippen molar-refractivity contribution in [3.63, 3.8) is 0 Å². The maximum Gasteiger partial charge on any atom is 0.339 e. The van der Waals surface area contributed by atoms with Gasteiger partial charge >= 0.3 is 5.97 Å². The molecule has 0 aliphatic rings. The topological polar surface area (TPSA) is 96.3 Å². The van der Waals surface area contributed by atoms with E-state index in [1.54, 1.807) is 12.1 Å². The second kappa shape index (κ2) is 7.10. The number of esters is 1. The summed E-state index contributed by atoms with van der Waals surface area (Å²) < 4.78 is 45.2. The summed E-state index contributed by atoms with van der Waals surface area (Å²) in [6, 6.07) is 10.9. The third kappa shape index (κ3) is 3.88. The molecule has 0 atom stereocenters. The largest absolute Gasteiger partial charge is 0.465 e. The van der Waals surface area contributed by atoms with Crippen LogP contribution in [-0.4, -0.2) is 21.5 Å². The Morgan fingerprint density at radius 1 is 1.25 bits per heavy atom. The van der Waals surface area contributed by atoms with Gasteiger partial charge < -0.3 is 4.74 Å². The van der Waals surface area contributed by atoms with Gasteiger partial charge in [-0.1, -0.05) is 12.1 Å². The van der Waals surface area contributed by atoms with E-state index in [2.05, 4.69) is 9.46 Å². The van der Waals surface area contributed by atoms with Crippen LogP contribution in [0.4, 0.5) is 10.1 Å². The van der Waals surface area contributed by atoms with E-state index in [0.717, 1.165) is 30.9 Å². The van der Waals surface area contributed by atoms with E-state index in [-0.39, 0.29) is 17.7 Å². The van der Waals surface area contributed by atoms with Crippen molar-refractivity contribution in [3.8, 4) is 6.07 Å². The van der Waals surface area contributed by atoms with Gasteiger partial charge in [0, 0.05) is 5.69 Å². The summed E-state index contributed by atoms with van der Waals surface area (Å²) in [5.74, 6) is -1.69. The highest BCUT2D eigenvalue weighted by Crippen LogP contribution is 2.22.